The van der Waals surface area contributed by atoms with Gasteiger partial charge < -0.3 is 14.5 Å². The Kier molecular flexibility index (Phi) is 10.6. The molecule has 3 aliphatic rings. The van der Waals surface area contributed by atoms with E-state index in [0.717, 1.165) is 56.3 Å². The molecule has 1 unspecified atom stereocenters. The van der Waals surface area contributed by atoms with Gasteiger partial charge in [-0.2, -0.15) is 4.31 Å². The molecule has 0 bridgehead atoms. The number of benzene rings is 1. The largest absolute Gasteiger partial charge is 0.369 e. The number of halogens is 1. The first kappa shape index (κ1) is 30.2. The molecular formula is C28H45FN4O5S. The summed E-state index contributed by atoms with van der Waals surface area (Å²) >= 11 is 0. The number of anilines is 1. The van der Waals surface area contributed by atoms with Crippen LogP contribution in [0.15, 0.2) is 18.2 Å². The Bertz CT molecular complexity index is 1050. The number of hydroxylamine groups is 1. The van der Waals surface area contributed by atoms with Gasteiger partial charge in [-0.25, -0.2) is 23.1 Å². The van der Waals surface area contributed by atoms with Gasteiger partial charge in [-0.3, -0.25) is 4.79 Å². The fourth-order valence-electron chi connectivity index (χ4n) is 5.78. The van der Waals surface area contributed by atoms with Crippen LogP contribution in [0.3, 0.4) is 0 Å². The van der Waals surface area contributed by atoms with Crippen LogP contribution in [-0.2, 0) is 30.8 Å². The lowest BCUT2D eigenvalue weighted by molar-refractivity contribution is -0.202. The van der Waals surface area contributed by atoms with Crippen molar-refractivity contribution in [3.8, 4) is 0 Å². The van der Waals surface area contributed by atoms with Gasteiger partial charge in [-0.15, -0.1) is 0 Å². The van der Waals surface area contributed by atoms with E-state index in [0.29, 0.717) is 39.2 Å². The number of unbranched alkanes of at least 4 members (excludes halogenated alkanes) is 2. The molecule has 39 heavy (non-hydrogen) atoms. The number of nitrogens with one attached hydrogen (secondary N) is 1. The van der Waals surface area contributed by atoms with Crippen LogP contribution in [0.5, 0.6) is 0 Å². The molecule has 3 heterocycles. The molecule has 1 aromatic carbocycles. The minimum Gasteiger partial charge on any atom is -0.369 e. The first-order valence-electron chi connectivity index (χ1n) is 14.6. The van der Waals surface area contributed by atoms with E-state index in [4.69, 9.17) is 9.57 Å². The van der Waals surface area contributed by atoms with Crippen LogP contribution in [-0.4, -0.2) is 87.0 Å². The van der Waals surface area contributed by atoms with E-state index < -0.39 is 27.0 Å². The van der Waals surface area contributed by atoms with Crippen LogP contribution in [0.2, 0.25) is 0 Å². The molecule has 0 aromatic heterocycles. The number of ether oxygens (including phenoxy) is 1. The number of piperazine rings is 1. The maximum Gasteiger partial charge on any atom is 0.266 e. The second-order valence-corrected chi connectivity index (χ2v) is 13.1. The lowest BCUT2D eigenvalue weighted by Gasteiger charge is -2.44. The number of carbonyl (C=O) groups is 1. The normalized spacial score (nSPS) is 23.1. The Labute approximate surface area is 233 Å². The molecule has 4 rings (SSSR count). The summed E-state index contributed by atoms with van der Waals surface area (Å²) in [6.45, 7) is 7.90. The Morgan fingerprint density at radius 3 is 2.46 bits per heavy atom. The van der Waals surface area contributed by atoms with Gasteiger partial charge in [-0.1, -0.05) is 32.8 Å². The molecule has 9 nitrogen and oxygen atoms in total. The van der Waals surface area contributed by atoms with E-state index in [1.54, 1.807) is 6.07 Å². The minimum atomic E-state index is -3.99. The Morgan fingerprint density at radius 1 is 1.10 bits per heavy atom. The zero-order valence-corrected chi connectivity index (χ0v) is 24.3. The highest BCUT2D eigenvalue weighted by Crippen LogP contribution is 2.35. The fourth-order valence-corrected chi connectivity index (χ4v) is 7.90. The predicted molar refractivity (Wildman–Crippen MR) is 149 cm³/mol. The van der Waals surface area contributed by atoms with Crippen molar-refractivity contribution in [2.24, 2.45) is 0 Å². The van der Waals surface area contributed by atoms with Crippen molar-refractivity contribution in [1.29, 1.82) is 0 Å². The van der Waals surface area contributed by atoms with Crippen molar-refractivity contribution in [1.82, 2.24) is 14.7 Å². The van der Waals surface area contributed by atoms with E-state index >= 15 is 0 Å². The highest BCUT2D eigenvalue weighted by atomic mass is 32.2. The van der Waals surface area contributed by atoms with Crippen molar-refractivity contribution in [2.75, 3.05) is 57.3 Å². The van der Waals surface area contributed by atoms with E-state index in [2.05, 4.69) is 17.3 Å². The first-order valence-corrected chi connectivity index (χ1v) is 16.1. The van der Waals surface area contributed by atoms with Crippen molar-refractivity contribution in [3.63, 3.8) is 0 Å². The average molecular weight is 569 g/mol. The van der Waals surface area contributed by atoms with Gasteiger partial charge in [0.15, 0.2) is 11.0 Å². The molecule has 0 saturated carbocycles. The van der Waals surface area contributed by atoms with E-state index in [1.807, 2.05) is 24.0 Å². The molecule has 3 fully saturated rings. The zero-order chi connectivity index (χ0) is 27.9. The summed E-state index contributed by atoms with van der Waals surface area (Å²) in [6, 6.07) is 5.33. The van der Waals surface area contributed by atoms with Gasteiger partial charge in [0.05, 0.1) is 0 Å². The van der Waals surface area contributed by atoms with Gasteiger partial charge in [0.2, 0.25) is 10.0 Å². The van der Waals surface area contributed by atoms with Crippen LogP contribution >= 0.6 is 0 Å². The van der Waals surface area contributed by atoms with Gasteiger partial charge in [-0.05, 0) is 62.8 Å². The molecule has 1 atom stereocenters. The molecule has 0 radical (unpaired) electrons. The van der Waals surface area contributed by atoms with Crippen LogP contribution in [0.1, 0.15) is 70.8 Å². The first-order chi connectivity index (χ1) is 18.8. The Balaban J connectivity index is 1.43. The molecule has 0 aliphatic carbocycles. The fraction of sp³-hybridized carbons (Fsp3) is 0.750. The summed E-state index contributed by atoms with van der Waals surface area (Å²) in [5, 5.41) is 0. The second-order valence-electron chi connectivity index (χ2n) is 10.9. The second kappa shape index (κ2) is 13.7. The van der Waals surface area contributed by atoms with Crippen LogP contribution in [0.4, 0.5) is 10.1 Å². The van der Waals surface area contributed by atoms with Gasteiger partial charge in [0.25, 0.3) is 5.91 Å². The Hall–Kier alpha value is -1.79. The smallest absolute Gasteiger partial charge is 0.266 e. The molecule has 1 amide bonds. The number of rotatable bonds is 11. The molecular weight excluding hydrogens is 523 g/mol. The van der Waals surface area contributed by atoms with Crippen molar-refractivity contribution < 1.29 is 27.2 Å². The summed E-state index contributed by atoms with van der Waals surface area (Å²) in [4.78, 5) is 23.2. The maximum atomic E-state index is 14.7. The number of nitrogens with zero attached hydrogens (tertiary/aromatic N) is 3. The van der Waals surface area contributed by atoms with Crippen LogP contribution in [0.25, 0.3) is 0 Å². The molecule has 0 spiro atoms. The standard InChI is InChI=1S/C28H45FN4O5S/c1-3-5-6-9-23-11-12-24(22-25(23)29)32-17-19-33(20-18-32)39(35,36)28(13-15-31(4-2)16-14-28)27(34)30-38-26-10-7-8-21-37-26/h11-12,22,26H,3-10,13-21H2,1-2H3,(H,30,34). The predicted octanol–water partition coefficient (Wildman–Crippen LogP) is 3.44. The quantitative estimate of drug-likeness (QED) is 0.323. The van der Waals surface area contributed by atoms with E-state index in [9.17, 15) is 17.6 Å². The van der Waals surface area contributed by atoms with Crippen LogP contribution in [0, 0.1) is 5.82 Å². The summed E-state index contributed by atoms with van der Waals surface area (Å²) in [6.07, 6.45) is 6.25. The van der Waals surface area contributed by atoms with Crippen molar-refractivity contribution >= 4 is 21.6 Å². The number of amides is 1. The van der Waals surface area contributed by atoms with Gasteiger partial charge in [0, 0.05) is 58.0 Å². The van der Waals surface area contributed by atoms with Crippen molar-refractivity contribution in [2.45, 2.75) is 82.7 Å². The summed E-state index contributed by atoms with van der Waals surface area (Å²) in [7, 11) is -3.99. The SMILES string of the molecule is CCCCCc1ccc(N2CCN(S(=O)(=O)C3(C(=O)NOC4CCCCO4)CCN(CC)CC3)CC2)cc1F. The average Bonchev–Trinajstić information content (AvgIpc) is 2.97. The number of sulfonamides is 1. The number of hydrogen-bond acceptors (Lipinski definition) is 7. The number of aryl methyl sites for hydroxylation is 1. The highest BCUT2D eigenvalue weighted by molar-refractivity contribution is 7.91. The monoisotopic (exact) mass is 568 g/mol. The summed E-state index contributed by atoms with van der Waals surface area (Å²) in [5.74, 6) is -0.825. The summed E-state index contributed by atoms with van der Waals surface area (Å²) in [5.41, 5.74) is 3.95. The third kappa shape index (κ3) is 6.93. The zero-order valence-electron chi connectivity index (χ0n) is 23.5. The minimum absolute atomic E-state index is 0.203. The van der Waals surface area contributed by atoms with E-state index in [1.165, 1.54) is 4.31 Å². The molecule has 220 valence electrons. The summed E-state index contributed by atoms with van der Waals surface area (Å²) < 4.78 is 48.3. The lowest BCUT2D eigenvalue weighted by Crippen LogP contribution is -2.64. The Morgan fingerprint density at radius 2 is 1.85 bits per heavy atom. The maximum absolute atomic E-state index is 14.7. The van der Waals surface area contributed by atoms with Gasteiger partial charge in [0.1, 0.15) is 5.82 Å². The van der Waals surface area contributed by atoms with Crippen molar-refractivity contribution in [3.05, 3.63) is 29.6 Å². The van der Waals surface area contributed by atoms with E-state index in [-0.39, 0.29) is 31.7 Å². The molecule has 3 aliphatic heterocycles. The number of piperidine rings is 1. The molecule has 11 heteroatoms. The molecule has 3 saturated heterocycles. The highest BCUT2D eigenvalue weighted by Gasteiger charge is 2.55. The molecule has 1 aromatic rings. The number of hydrogen-bond donors (Lipinski definition) is 1. The van der Waals surface area contributed by atoms with Gasteiger partial charge >= 0.3 is 0 Å². The number of carbonyl (C=O) groups excluding carboxylic acids is 1. The van der Waals surface area contributed by atoms with Crippen LogP contribution < -0.4 is 10.4 Å². The third-order valence-corrected chi connectivity index (χ3v) is 11.1. The lowest BCUT2D eigenvalue weighted by atomic mass is 9.95. The molecule has 1 N–H and O–H groups in total. The topological polar surface area (TPSA) is 91.4 Å². The third-order valence-electron chi connectivity index (χ3n) is 8.47. The number of likely N-dealkylation sites (tertiary alicyclic amines) is 1.